The minimum Gasteiger partial charge on any atom is -0.379 e. The molecule has 2 N–H and O–H groups in total. The largest absolute Gasteiger partial charge is 0.379 e. The smallest absolute Gasteiger partial charge is 0.191 e. The molecule has 1 unspecified atom stereocenters. The van der Waals surface area contributed by atoms with Crippen molar-refractivity contribution in [1.29, 1.82) is 0 Å². The Labute approximate surface area is 206 Å². The fourth-order valence-electron chi connectivity index (χ4n) is 4.78. The van der Waals surface area contributed by atoms with Crippen molar-refractivity contribution in [3.8, 4) is 0 Å². The first-order chi connectivity index (χ1) is 14.7. The topological polar surface area (TPSA) is 52.1 Å². The number of hydrogen-bond acceptors (Lipinski definition) is 4. The molecule has 1 saturated carbocycles. The van der Waals surface area contributed by atoms with Crippen LogP contribution < -0.4 is 10.6 Å². The van der Waals surface area contributed by atoms with E-state index in [1.807, 2.05) is 7.05 Å². The van der Waals surface area contributed by atoms with Crippen molar-refractivity contribution >= 4 is 29.9 Å². The normalized spacial score (nSPS) is 19.7. The van der Waals surface area contributed by atoms with Crippen LogP contribution >= 0.6 is 24.0 Å². The van der Waals surface area contributed by atoms with E-state index >= 15 is 0 Å². The number of likely N-dealkylation sites (N-methyl/N-ethyl adjacent to an activating group) is 1. The van der Waals surface area contributed by atoms with E-state index in [0.717, 1.165) is 57.8 Å². The molecule has 1 aliphatic carbocycles. The van der Waals surface area contributed by atoms with Crippen molar-refractivity contribution in [3.05, 3.63) is 35.4 Å². The molecule has 0 aromatic heterocycles. The molecular formula is C24H42IN5O. The number of aliphatic imine (C=N–C) groups is 1. The molecule has 6 nitrogen and oxygen atoms in total. The summed E-state index contributed by atoms with van der Waals surface area (Å²) in [5.74, 6) is 1.67. The fraction of sp³-hybridized carbons (Fsp3) is 0.708. The average molecular weight is 544 g/mol. The van der Waals surface area contributed by atoms with Crippen LogP contribution in [0.4, 0.5) is 0 Å². The number of nitrogens with zero attached hydrogens (tertiary/aromatic N) is 3. The number of hydrogen-bond donors (Lipinski definition) is 2. The summed E-state index contributed by atoms with van der Waals surface area (Å²) in [7, 11) is 6.28. The lowest BCUT2D eigenvalue weighted by Crippen LogP contribution is -2.48. The highest BCUT2D eigenvalue weighted by Crippen LogP contribution is 2.28. The summed E-state index contributed by atoms with van der Waals surface area (Å²) in [6.45, 7) is 6.41. The molecule has 7 heteroatoms. The van der Waals surface area contributed by atoms with E-state index in [-0.39, 0.29) is 24.0 Å². The van der Waals surface area contributed by atoms with Crippen LogP contribution in [0.1, 0.15) is 43.2 Å². The predicted octanol–water partition coefficient (Wildman–Crippen LogP) is 3.31. The fourth-order valence-corrected chi connectivity index (χ4v) is 4.78. The lowest BCUT2D eigenvalue weighted by Gasteiger charge is -2.35. The Morgan fingerprint density at radius 1 is 1.10 bits per heavy atom. The monoisotopic (exact) mass is 543 g/mol. The van der Waals surface area contributed by atoms with E-state index in [9.17, 15) is 0 Å². The Morgan fingerprint density at radius 2 is 1.77 bits per heavy atom. The van der Waals surface area contributed by atoms with Crippen LogP contribution in [0.25, 0.3) is 0 Å². The van der Waals surface area contributed by atoms with Crippen LogP contribution in [0.15, 0.2) is 29.3 Å². The molecule has 31 heavy (non-hydrogen) atoms. The Bertz CT molecular complexity index is 657. The molecule has 0 bridgehead atoms. The first-order valence-corrected chi connectivity index (χ1v) is 11.6. The van der Waals surface area contributed by atoms with Gasteiger partial charge < -0.3 is 20.3 Å². The lowest BCUT2D eigenvalue weighted by molar-refractivity contribution is 0.0341. The van der Waals surface area contributed by atoms with E-state index in [2.05, 4.69) is 63.8 Å². The standard InChI is InChI=1S/C24H41N5O.HI/c1-25-24(27-18-23(28(2)3)20-9-5-4-6-10-20)26-17-21-11-7-8-12-22(21)19-29-13-15-30-16-14-29;/h7-8,11-12,20,23H,4-6,9-10,13-19H2,1-3H3,(H2,25,26,27);1H. The Balaban J connectivity index is 0.00000341. The maximum absolute atomic E-state index is 5.49. The number of halogens is 1. The van der Waals surface area contributed by atoms with Crippen LogP contribution in [-0.4, -0.2) is 75.8 Å². The molecular weight excluding hydrogens is 501 g/mol. The number of nitrogens with one attached hydrogen (secondary N) is 2. The van der Waals surface area contributed by atoms with Gasteiger partial charge in [0, 0.05) is 45.8 Å². The van der Waals surface area contributed by atoms with Crippen LogP contribution in [0.2, 0.25) is 0 Å². The van der Waals surface area contributed by atoms with Gasteiger partial charge in [-0.05, 0) is 44.0 Å². The van der Waals surface area contributed by atoms with Gasteiger partial charge in [0.1, 0.15) is 0 Å². The molecule has 1 aliphatic heterocycles. The molecule has 0 radical (unpaired) electrons. The lowest BCUT2D eigenvalue weighted by atomic mass is 9.83. The molecule has 0 amide bonds. The second kappa shape index (κ2) is 14.3. The Hall–Kier alpha value is -0.900. The number of benzene rings is 1. The third-order valence-electron chi connectivity index (χ3n) is 6.62. The van der Waals surface area contributed by atoms with Crippen molar-refractivity contribution < 1.29 is 4.74 Å². The molecule has 2 fully saturated rings. The van der Waals surface area contributed by atoms with Gasteiger partial charge in [-0.15, -0.1) is 24.0 Å². The number of rotatable bonds is 8. The summed E-state index contributed by atoms with van der Waals surface area (Å²) < 4.78 is 5.49. The van der Waals surface area contributed by atoms with Crippen molar-refractivity contribution in [2.24, 2.45) is 10.9 Å². The minimum absolute atomic E-state index is 0. The third kappa shape index (κ3) is 8.51. The third-order valence-corrected chi connectivity index (χ3v) is 6.62. The van der Waals surface area contributed by atoms with Crippen LogP contribution in [0.5, 0.6) is 0 Å². The predicted molar refractivity (Wildman–Crippen MR) is 140 cm³/mol. The minimum atomic E-state index is 0. The molecule has 3 rings (SSSR count). The van der Waals surface area contributed by atoms with Gasteiger partial charge >= 0.3 is 0 Å². The van der Waals surface area contributed by atoms with Crippen LogP contribution in [-0.2, 0) is 17.8 Å². The van der Waals surface area contributed by atoms with Crippen molar-refractivity contribution in [2.75, 3.05) is 54.0 Å². The van der Waals surface area contributed by atoms with Crippen LogP contribution in [0.3, 0.4) is 0 Å². The van der Waals surface area contributed by atoms with Crippen molar-refractivity contribution in [2.45, 2.75) is 51.2 Å². The molecule has 0 spiro atoms. The van der Waals surface area contributed by atoms with E-state index in [1.165, 1.54) is 43.2 Å². The molecule has 1 aromatic carbocycles. The number of guanidine groups is 1. The van der Waals surface area contributed by atoms with Gasteiger partial charge in [-0.1, -0.05) is 43.5 Å². The highest BCUT2D eigenvalue weighted by atomic mass is 127. The van der Waals surface area contributed by atoms with E-state index in [0.29, 0.717) is 6.04 Å². The summed E-state index contributed by atoms with van der Waals surface area (Å²) in [6, 6.07) is 9.28. The number of morpholine rings is 1. The summed E-state index contributed by atoms with van der Waals surface area (Å²) >= 11 is 0. The van der Waals surface area contributed by atoms with Gasteiger partial charge in [0.25, 0.3) is 0 Å². The second-order valence-electron chi connectivity index (χ2n) is 8.89. The summed E-state index contributed by atoms with van der Waals surface area (Å²) in [5.41, 5.74) is 2.72. The Morgan fingerprint density at radius 3 is 2.42 bits per heavy atom. The quantitative estimate of drug-likeness (QED) is 0.300. The van der Waals surface area contributed by atoms with Crippen molar-refractivity contribution in [3.63, 3.8) is 0 Å². The van der Waals surface area contributed by atoms with Crippen LogP contribution in [0, 0.1) is 5.92 Å². The van der Waals surface area contributed by atoms with Gasteiger partial charge in [0.05, 0.1) is 13.2 Å². The molecule has 1 heterocycles. The van der Waals surface area contributed by atoms with Gasteiger partial charge in [-0.3, -0.25) is 9.89 Å². The highest BCUT2D eigenvalue weighted by molar-refractivity contribution is 14.0. The second-order valence-corrected chi connectivity index (χ2v) is 8.89. The van der Waals surface area contributed by atoms with Gasteiger partial charge in [-0.2, -0.15) is 0 Å². The summed E-state index contributed by atoms with van der Waals surface area (Å²) in [4.78, 5) is 9.33. The molecule has 2 aliphatic rings. The molecule has 1 saturated heterocycles. The zero-order chi connectivity index (χ0) is 21.2. The van der Waals surface area contributed by atoms with E-state index in [4.69, 9.17) is 4.74 Å². The van der Waals surface area contributed by atoms with Gasteiger partial charge in [0.15, 0.2) is 5.96 Å². The van der Waals surface area contributed by atoms with E-state index in [1.54, 1.807) is 0 Å². The molecule has 176 valence electrons. The van der Waals surface area contributed by atoms with Gasteiger partial charge in [0.2, 0.25) is 0 Å². The first-order valence-electron chi connectivity index (χ1n) is 11.6. The average Bonchev–Trinajstić information content (AvgIpc) is 2.78. The van der Waals surface area contributed by atoms with Gasteiger partial charge in [-0.25, -0.2) is 0 Å². The number of ether oxygens (including phenoxy) is 1. The zero-order valence-electron chi connectivity index (χ0n) is 19.6. The SMILES string of the molecule is CN=C(NCc1ccccc1CN1CCOCC1)NCC(C1CCCCC1)N(C)C.I. The van der Waals surface area contributed by atoms with E-state index < -0.39 is 0 Å². The zero-order valence-corrected chi connectivity index (χ0v) is 21.9. The Kier molecular flexibility index (Phi) is 12.1. The first kappa shape index (κ1) is 26.4. The molecule has 1 atom stereocenters. The van der Waals surface area contributed by atoms with Crippen molar-refractivity contribution in [1.82, 2.24) is 20.4 Å². The maximum Gasteiger partial charge on any atom is 0.191 e. The molecule has 1 aromatic rings. The summed E-state index contributed by atoms with van der Waals surface area (Å²) in [5, 5.41) is 7.13. The summed E-state index contributed by atoms with van der Waals surface area (Å²) in [6.07, 6.45) is 6.86. The highest BCUT2D eigenvalue weighted by Gasteiger charge is 2.25. The maximum atomic E-state index is 5.49.